The van der Waals surface area contributed by atoms with Gasteiger partial charge in [-0.05, 0) is 68.6 Å². The number of nitrogens with one attached hydrogen (secondary N) is 2. The van der Waals surface area contributed by atoms with E-state index in [1.807, 2.05) is 0 Å². The molecule has 1 atom stereocenters. The van der Waals surface area contributed by atoms with E-state index in [9.17, 15) is 13.2 Å². The molecule has 2 aromatic carbocycles. The highest BCUT2D eigenvalue weighted by molar-refractivity contribution is 8.00. The predicted octanol–water partition coefficient (Wildman–Crippen LogP) is 3.43. The first kappa shape index (κ1) is 22.5. The Balaban J connectivity index is 2.20. The zero-order valence-electron chi connectivity index (χ0n) is 15.5. The summed E-state index contributed by atoms with van der Waals surface area (Å²) >= 11 is 7.12. The van der Waals surface area contributed by atoms with Crippen LogP contribution in [0.2, 0.25) is 5.02 Å². The summed E-state index contributed by atoms with van der Waals surface area (Å²) in [4.78, 5) is 11.9. The Morgan fingerprint density at radius 1 is 1.11 bits per heavy atom. The number of ether oxygens (including phenoxy) is 1. The van der Waals surface area contributed by atoms with E-state index in [4.69, 9.17) is 21.5 Å². The lowest BCUT2D eigenvalue weighted by Crippen LogP contribution is -2.55. The van der Waals surface area contributed by atoms with Crippen molar-refractivity contribution in [3.8, 4) is 11.5 Å². The average molecular weight is 445 g/mol. The quantitative estimate of drug-likeness (QED) is 0.425. The summed E-state index contributed by atoms with van der Waals surface area (Å²) in [5.41, 5.74) is 1.51. The lowest BCUT2D eigenvalue weighted by molar-refractivity contribution is -0.131. The third kappa shape index (κ3) is 5.62. The van der Waals surface area contributed by atoms with E-state index in [0.29, 0.717) is 16.5 Å². The molecule has 0 unspecified atom stereocenters. The third-order valence-corrected chi connectivity index (χ3v) is 7.03. The van der Waals surface area contributed by atoms with Crippen molar-refractivity contribution in [2.75, 3.05) is 6.26 Å². The molecule has 0 fully saturated rings. The van der Waals surface area contributed by atoms with Gasteiger partial charge in [0.25, 0.3) is 5.91 Å². The van der Waals surface area contributed by atoms with Gasteiger partial charge in [0.1, 0.15) is 17.5 Å². The Bertz CT molecular complexity index is 916. The van der Waals surface area contributed by atoms with Crippen LogP contribution in [0.3, 0.4) is 0 Å². The van der Waals surface area contributed by atoms with Gasteiger partial charge in [0.05, 0.1) is 4.90 Å². The zero-order chi connectivity index (χ0) is 20.9. The molecule has 0 aliphatic carbocycles. The first-order valence-electron chi connectivity index (χ1n) is 8.14. The van der Waals surface area contributed by atoms with Gasteiger partial charge < -0.3 is 4.74 Å². The molecular formula is C18H21ClN2O5S2. The van der Waals surface area contributed by atoms with Crippen molar-refractivity contribution in [2.45, 2.75) is 29.5 Å². The van der Waals surface area contributed by atoms with Crippen LogP contribution in [0, 0.1) is 0 Å². The van der Waals surface area contributed by atoms with Gasteiger partial charge in [-0.3, -0.25) is 10.0 Å². The molecule has 0 bridgehead atoms. The summed E-state index contributed by atoms with van der Waals surface area (Å²) in [5.74, 6) is 0.153. The Hall–Kier alpha value is -1.78. The van der Waals surface area contributed by atoms with Gasteiger partial charge in [0, 0.05) is 9.77 Å². The highest BCUT2D eigenvalue weighted by Crippen LogP contribution is 2.28. The van der Waals surface area contributed by atoms with Gasteiger partial charge >= 0.3 is 0 Å². The van der Waals surface area contributed by atoms with Gasteiger partial charge in [-0.15, -0.1) is 0 Å². The molecule has 0 radical (unpaired) electrons. The minimum absolute atomic E-state index is 0.0383. The number of carbonyl (C=O) groups is 1. The molecule has 10 heteroatoms. The van der Waals surface area contributed by atoms with E-state index >= 15 is 0 Å². The molecule has 2 rings (SSSR count). The second-order valence-corrected chi connectivity index (χ2v) is 9.98. The molecule has 0 spiro atoms. The molecule has 0 aliphatic rings. The second-order valence-electron chi connectivity index (χ2n) is 6.37. The number of rotatable bonds is 8. The largest absolute Gasteiger partial charge is 0.457 e. The van der Waals surface area contributed by atoms with Gasteiger partial charge in [-0.25, -0.2) is 13.9 Å². The summed E-state index contributed by atoms with van der Waals surface area (Å²) in [7, 11) is -4.01. The van der Waals surface area contributed by atoms with Gasteiger partial charge in [0.15, 0.2) is 0 Å². The van der Waals surface area contributed by atoms with E-state index in [1.54, 1.807) is 44.4 Å². The molecule has 28 heavy (non-hydrogen) atoms. The first-order valence-corrected chi connectivity index (χ1v) is 11.2. The number of halogens is 1. The van der Waals surface area contributed by atoms with Crippen molar-refractivity contribution in [2.24, 2.45) is 0 Å². The molecule has 7 nitrogen and oxygen atoms in total. The van der Waals surface area contributed by atoms with E-state index in [1.165, 1.54) is 41.5 Å². The van der Waals surface area contributed by atoms with Crippen LogP contribution in [0.15, 0.2) is 53.4 Å². The highest BCUT2D eigenvalue weighted by Gasteiger charge is 2.38. The van der Waals surface area contributed by atoms with Crippen molar-refractivity contribution in [1.82, 2.24) is 10.2 Å². The van der Waals surface area contributed by atoms with Crippen LogP contribution >= 0.6 is 23.4 Å². The van der Waals surface area contributed by atoms with Crippen LogP contribution in [0.5, 0.6) is 11.5 Å². The van der Waals surface area contributed by atoms with Crippen LogP contribution < -0.4 is 14.9 Å². The Morgan fingerprint density at radius 2 is 1.61 bits per heavy atom. The maximum Gasteiger partial charge on any atom is 0.262 e. The number of sulfonamides is 1. The number of hydrogen-bond donors (Lipinski definition) is 3. The molecule has 1 amide bonds. The molecule has 2 aromatic rings. The van der Waals surface area contributed by atoms with Crippen LogP contribution in [-0.4, -0.2) is 36.6 Å². The van der Waals surface area contributed by atoms with E-state index in [2.05, 4.69) is 4.72 Å². The monoisotopic (exact) mass is 444 g/mol. The smallest absolute Gasteiger partial charge is 0.262 e. The average Bonchev–Trinajstić information content (AvgIpc) is 2.67. The summed E-state index contributed by atoms with van der Waals surface area (Å²) < 4.78 is 32.6. The Kier molecular flexibility index (Phi) is 7.35. The second kappa shape index (κ2) is 9.15. The maximum atomic E-state index is 12.7. The summed E-state index contributed by atoms with van der Waals surface area (Å²) in [6.45, 7) is 3.40. The fraction of sp³-hybridized carbons (Fsp3) is 0.278. The number of benzene rings is 2. The van der Waals surface area contributed by atoms with E-state index < -0.39 is 26.7 Å². The van der Waals surface area contributed by atoms with Crippen molar-refractivity contribution in [3.63, 3.8) is 0 Å². The molecular weight excluding hydrogens is 424 g/mol. The lowest BCUT2D eigenvalue weighted by atomic mass is 10.0. The minimum Gasteiger partial charge on any atom is -0.457 e. The maximum absolute atomic E-state index is 12.7. The summed E-state index contributed by atoms with van der Waals surface area (Å²) in [5, 5.41) is 9.53. The molecule has 0 aromatic heterocycles. The van der Waals surface area contributed by atoms with Crippen LogP contribution in [0.1, 0.15) is 13.8 Å². The minimum atomic E-state index is -4.01. The van der Waals surface area contributed by atoms with Crippen LogP contribution in [0.25, 0.3) is 0 Å². The molecule has 0 saturated carbocycles. The molecule has 3 N–H and O–H groups in total. The van der Waals surface area contributed by atoms with Crippen molar-refractivity contribution in [1.29, 1.82) is 0 Å². The Morgan fingerprint density at radius 3 is 2.07 bits per heavy atom. The van der Waals surface area contributed by atoms with E-state index in [0.717, 1.165) is 0 Å². The van der Waals surface area contributed by atoms with E-state index in [-0.39, 0.29) is 4.90 Å². The fourth-order valence-corrected chi connectivity index (χ4v) is 4.19. The normalized spacial score (nSPS) is 13.0. The van der Waals surface area contributed by atoms with Crippen molar-refractivity contribution >= 4 is 39.3 Å². The molecule has 0 heterocycles. The molecule has 0 aliphatic heterocycles. The number of amides is 1. The zero-order valence-corrected chi connectivity index (χ0v) is 17.9. The standard InChI is InChI=1S/C18H21ClN2O5S2/c1-18(2,27-3)16(17(22)20-23)21-28(24,25)15-10-8-14(9-11-15)26-13-6-4-12(19)5-7-13/h4-11,16,21,23H,1-3H3,(H,20,22)/t16-/m0/s1. The summed E-state index contributed by atoms with van der Waals surface area (Å²) in [6, 6.07) is 11.3. The van der Waals surface area contributed by atoms with Gasteiger partial charge in [0.2, 0.25) is 10.0 Å². The molecule has 0 saturated heterocycles. The topological polar surface area (TPSA) is 105 Å². The highest BCUT2D eigenvalue weighted by atomic mass is 35.5. The van der Waals surface area contributed by atoms with Crippen molar-refractivity contribution < 1.29 is 23.2 Å². The SMILES string of the molecule is CSC(C)(C)[C@@H](NS(=O)(=O)c1ccc(Oc2ccc(Cl)cc2)cc1)C(=O)NO. The van der Waals surface area contributed by atoms with Crippen LogP contribution in [0.4, 0.5) is 0 Å². The number of hydrogen-bond acceptors (Lipinski definition) is 6. The third-order valence-electron chi connectivity index (χ3n) is 4.05. The lowest BCUT2D eigenvalue weighted by Gasteiger charge is -2.31. The fourth-order valence-electron chi connectivity index (χ4n) is 2.24. The number of carbonyl (C=O) groups excluding carboxylic acids is 1. The number of hydroxylamine groups is 1. The Labute approximate surface area is 173 Å². The van der Waals surface area contributed by atoms with Gasteiger partial charge in [-0.2, -0.15) is 16.5 Å². The predicted molar refractivity (Wildman–Crippen MR) is 110 cm³/mol. The number of thioether (sulfide) groups is 1. The van der Waals surface area contributed by atoms with Gasteiger partial charge in [-0.1, -0.05) is 11.6 Å². The summed E-state index contributed by atoms with van der Waals surface area (Å²) in [6.07, 6.45) is 1.74. The first-order chi connectivity index (χ1) is 13.1. The van der Waals surface area contributed by atoms with Crippen LogP contribution in [-0.2, 0) is 14.8 Å². The van der Waals surface area contributed by atoms with Crippen molar-refractivity contribution in [3.05, 3.63) is 53.6 Å². The molecule has 152 valence electrons.